The Labute approximate surface area is 358 Å². The summed E-state index contributed by atoms with van der Waals surface area (Å²) in [6, 6.07) is 0. The SMILES string of the molecule is CCC(=O)SCCOCCOCC(COCCOCCSC(=O)CC)OCCOCCOC(COCCOCCSC(=O)CC)COCCOCCSC(=O)CC. The van der Waals surface area contributed by atoms with Gasteiger partial charge in [-0.3, -0.25) is 19.2 Å². The lowest BCUT2D eigenvalue weighted by Gasteiger charge is -2.19. The lowest BCUT2D eigenvalue weighted by molar-refractivity contribution is -0.111. The first-order chi connectivity index (χ1) is 27.9. The molecular formula is C38H70O15S4. The van der Waals surface area contributed by atoms with Gasteiger partial charge in [-0.1, -0.05) is 74.7 Å². The second-order valence-electron chi connectivity index (χ2n) is 11.6. The third kappa shape index (κ3) is 42.1. The molecule has 15 nitrogen and oxygen atoms in total. The molecule has 0 rings (SSSR count). The summed E-state index contributed by atoms with van der Waals surface area (Å²) in [6.45, 7) is 15.0. The van der Waals surface area contributed by atoms with Crippen LogP contribution in [0.2, 0.25) is 0 Å². The van der Waals surface area contributed by atoms with Crippen molar-refractivity contribution in [2.45, 2.75) is 65.6 Å². The van der Waals surface area contributed by atoms with Gasteiger partial charge in [0.15, 0.2) is 20.5 Å². The van der Waals surface area contributed by atoms with Gasteiger partial charge < -0.3 is 52.1 Å². The van der Waals surface area contributed by atoms with E-state index in [0.717, 1.165) is 0 Å². The largest absolute Gasteiger partial charge is 0.378 e. The van der Waals surface area contributed by atoms with Gasteiger partial charge in [0.05, 0.1) is 132 Å². The first-order valence-electron chi connectivity index (χ1n) is 19.9. The van der Waals surface area contributed by atoms with E-state index in [1.54, 1.807) is 0 Å². The second-order valence-corrected chi connectivity index (χ2v) is 16.3. The van der Waals surface area contributed by atoms with E-state index in [-0.39, 0.29) is 32.7 Å². The van der Waals surface area contributed by atoms with E-state index >= 15 is 0 Å². The van der Waals surface area contributed by atoms with Crippen molar-refractivity contribution in [2.75, 3.05) is 155 Å². The zero-order chi connectivity index (χ0) is 41.9. The molecule has 0 aliphatic rings. The minimum Gasteiger partial charge on any atom is -0.378 e. The predicted octanol–water partition coefficient (Wildman–Crippen LogP) is 4.59. The normalized spacial score (nSPS) is 11.6. The van der Waals surface area contributed by atoms with Gasteiger partial charge in [0.25, 0.3) is 0 Å². The monoisotopic (exact) mass is 894 g/mol. The molecule has 0 aliphatic carbocycles. The topological polar surface area (TPSA) is 170 Å². The minimum atomic E-state index is -0.331. The summed E-state index contributed by atoms with van der Waals surface area (Å²) in [5.41, 5.74) is 0. The maximum absolute atomic E-state index is 11.4. The van der Waals surface area contributed by atoms with E-state index in [0.29, 0.717) is 181 Å². The summed E-state index contributed by atoms with van der Waals surface area (Å²) < 4.78 is 63.0. The average molecular weight is 895 g/mol. The Kier molecular flexibility index (Phi) is 44.9. The number of ether oxygens (including phenoxy) is 11. The van der Waals surface area contributed by atoms with Crippen LogP contribution in [0.3, 0.4) is 0 Å². The van der Waals surface area contributed by atoms with E-state index in [2.05, 4.69) is 0 Å². The zero-order valence-electron chi connectivity index (χ0n) is 34.7. The smallest absolute Gasteiger partial charge is 0.188 e. The van der Waals surface area contributed by atoms with Gasteiger partial charge in [-0.25, -0.2) is 0 Å². The highest BCUT2D eigenvalue weighted by Gasteiger charge is 2.13. The standard InChI is InChI=1S/C38H70O15S4/c1-5-35(39)54-25-21-44-9-13-48-29-33(30-49-14-10-45-22-26-55-36(40)6-2)52-19-17-43-18-20-53-34(31-50-15-11-46-23-27-56-37(41)7-3)32-51-16-12-47-24-28-57-38(42)8-4/h33-34H,5-32H2,1-4H3. The van der Waals surface area contributed by atoms with Crippen molar-refractivity contribution < 1.29 is 71.3 Å². The first-order valence-corrected chi connectivity index (χ1v) is 23.9. The summed E-state index contributed by atoms with van der Waals surface area (Å²) in [4.78, 5) is 45.6. The van der Waals surface area contributed by atoms with Gasteiger partial charge in [-0.2, -0.15) is 0 Å². The third-order valence-corrected chi connectivity index (χ3v) is 10.9. The van der Waals surface area contributed by atoms with Gasteiger partial charge >= 0.3 is 0 Å². The molecule has 336 valence electrons. The van der Waals surface area contributed by atoms with E-state index in [1.807, 2.05) is 27.7 Å². The Morgan fingerprint density at radius 3 is 0.772 bits per heavy atom. The highest BCUT2D eigenvalue weighted by molar-refractivity contribution is 8.14. The lowest BCUT2D eigenvalue weighted by Crippen LogP contribution is -2.30. The Morgan fingerprint density at radius 2 is 0.526 bits per heavy atom. The van der Waals surface area contributed by atoms with Crippen molar-refractivity contribution in [1.29, 1.82) is 0 Å². The molecule has 0 atom stereocenters. The van der Waals surface area contributed by atoms with Crippen LogP contribution in [0.4, 0.5) is 0 Å². The Balaban J connectivity index is 4.52. The summed E-state index contributed by atoms with van der Waals surface area (Å²) >= 11 is 5.10. The van der Waals surface area contributed by atoms with Crippen LogP contribution in [-0.2, 0) is 71.3 Å². The Morgan fingerprint density at radius 1 is 0.316 bits per heavy atom. The fourth-order valence-electron chi connectivity index (χ4n) is 3.94. The fourth-order valence-corrected chi connectivity index (χ4v) is 6.47. The van der Waals surface area contributed by atoms with E-state index in [1.165, 1.54) is 47.0 Å². The molecule has 0 radical (unpaired) electrons. The van der Waals surface area contributed by atoms with Crippen molar-refractivity contribution >= 4 is 67.5 Å². The van der Waals surface area contributed by atoms with Crippen LogP contribution in [0.1, 0.15) is 53.4 Å². The van der Waals surface area contributed by atoms with E-state index in [4.69, 9.17) is 52.1 Å². The van der Waals surface area contributed by atoms with Gasteiger partial charge in [0, 0.05) is 48.7 Å². The summed E-state index contributed by atoms with van der Waals surface area (Å²) in [5, 5.41) is 0.611. The maximum atomic E-state index is 11.4. The molecule has 0 fully saturated rings. The van der Waals surface area contributed by atoms with Gasteiger partial charge in [-0.15, -0.1) is 0 Å². The number of carbonyl (C=O) groups is 4. The Hall–Kier alpha value is -0.360. The number of hydrogen-bond acceptors (Lipinski definition) is 19. The zero-order valence-corrected chi connectivity index (χ0v) is 38.0. The van der Waals surface area contributed by atoms with Crippen LogP contribution >= 0.6 is 47.0 Å². The van der Waals surface area contributed by atoms with Crippen molar-refractivity contribution in [2.24, 2.45) is 0 Å². The van der Waals surface area contributed by atoms with Crippen molar-refractivity contribution in [3.05, 3.63) is 0 Å². The van der Waals surface area contributed by atoms with Gasteiger partial charge in [0.1, 0.15) is 12.2 Å². The summed E-state index contributed by atoms with van der Waals surface area (Å²) in [7, 11) is 0. The second kappa shape index (κ2) is 45.2. The number of carbonyl (C=O) groups excluding carboxylic acids is 4. The third-order valence-electron chi connectivity index (χ3n) is 6.98. The molecule has 0 aromatic carbocycles. The molecule has 0 aliphatic heterocycles. The molecule has 0 saturated carbocycles. The van der Waals surface area contributed by atoms with Crippen molar-refractivity contribution in [1.82, 2.24) is 0 Å². The molecule has 0 heterocycles. The number of hydrogen-bond donors (Lipinski definition) is 0. The van der Waals surface area contributed by atoms with E-state index in [9.17, 15) is 19.2 Å². The van der Waals surface area contributed by atoms with Crippen LogP contribution in [0.15, 0.2) is 0 Å². The van der Waals surface area contributed by atoms with Crippen LogP contribution in [0.25, 0.3) is 0 Å². The molecule has 0 saturated heterocycles. The van der Waals surface area contributed by atoms with Gasteiger partial charge in [0.2, 0.25) is 0 Å². The molecule has 0 aromatic heterocycles. The average Bonchev–Trinajstić information content (AvgIpc) is 3.22. The fraction of sp³-hybridized carbons (Fsp3) is 0.895. The number of thioether (sulfide) groups is 4. The quantitative estimate of drug-likeness (QED) is 0.0778. The van der Waals surface area contributed by atoms with Gasteiger partial charge in [-0.05, 0) is 0 Å². The first kappa shape index (κ1) is 56.6. The Bertz CT molecular complexity index is 818. The molecule has 19 heteroatoms. The number of rotatable bonds is 44. The van der Waals surface area contributed by atoms with Crippen molar-refractivity contribution in [3.63, 3.8) is 0 Å². The lowest BCUT2D eigenvalue weighted by atomic mass is 10.4. The van der Waals surface area contributed by atoms with E-state index < -0.39 is 0 Å². The summed E-state index contributed by atoms with van der Waals surface area (Å²) in [5.74, 6) is 2.48. The molecule has 0 unspecified atom stereocenters. The molecule has 0 N–H and O–H groups in total. The molecule has 0 aromatic rings. The highest BCUT2D eigenvalue weighted by atomic mass is 32.2. The van der Waals surface area contributed by atoms with Crippen LogP contribution < -0.4 is 0 Å². The predicted molar refractivity (Wildman–Crippen MR) is 228 cm³/mol. The van der Waals surface area contributed by atoms with Crippen LogP contribution in [-0.4, -0.2) is 188 Å². The summed E-state index contributed by atoms with van der Waals surface area (Å²) in [6.07, 6.45) is 1.38. The molecular weight excluding hydrogens is 825 g/mol. The van der Waals surface area contributed by atoms with Crippen molar-refractivity contribution in [3.8, 4) is 0 Å². The molecule has 0 spiro atoms. The van der Waals surface area contributed by atoms with Crippen LogP contribution in [0.5, 0.6) is 0 Å². The van der Waals surface area contributed by atoms with Crippen LogP contribution in [0, 0.1) is 0 Å². The highest BCUT2D eigenvalue weighted by Crippen LogP contribution is 2.07. The molecule has 0 bridgehead atoms. The molecule has 57 heavy (non-hydrogen) atoms. The maximum Gasteiger partial charge on any atom is 0.188 e. The minimum absolute atomic E-state index is 0.153. The molecule has 0 amide bonds.